The summed E-state index contributed by atoms with van der Waals surface area (Å²) in [5.41, 5.74) is 6.31. The van der Waals surface area contributed by atoms with Gasteiger partial charge in [-0.05, 0) is 17.7 Å². The van der Waals surface area contributed by atoms with Crippen molar-refractivity contribution >= 4 is 11.8 Å². The van der Waals surface area contributed by atoms with Gasteiger partial charge in [0.05, 0.1) is 17.1 Å². The quantitative estimate of drug-likeness (QED) is 0.571. The number of nitro groups is 1. The van der Waals surface area contributed by atoms with E-state index in [2.05, 4.69) is 0 Å². The maximum Gasteiger partial charge on any atom is 0.274 e. The molecule has 1 aromatic carbocycles. The van der Waals surface area contributed by atoms with Crippen LogP contribution in [-0.4, -0.2) is 16.6 Å². The highest BCUT2D eigenvalue weighted by atomic mass is 16.6. The predicted octanol–water partition coefficient (Wildman–Crippen LogP) is 1.06. The van der Waals surface area contributed by atoms with Crippen molar-refractivity contribution in [2.24, 2.45) is 5.73 Å². The van der Waals surface area contributed by atoms with Gasteiger partial charge in [0.1, 0.15) is 0 Å². The summed E-state index contributed by atoms with van der Waals surface area (Å²) in [6.07, 6.45) is 3.49. The topological polar surface area (TPSA) is 89.4 Å². The minimum atomic E-state index is -0.512. The maximum absolute atomic E-state index is 10.6. The molecule has 5 nitrogen and oxygen atoms in total. The van der Waals surface area contributed by atoms with Crippen molar-refractivity contribution in [3.8, 4) is 0 Å². The first-order chi connectivity index (χ1) is 7.19. The van der Waals surface area contributed by atoms with Gasteiger partial charge < -0.3 is 10.8 Å². The van der Waals surface area contributed by atoms with Crippen LogP contribution in [0.15, 0.2) is 24.3 Å². The van der Waals surface area contributed by atoms with Gasteiger partial charge in [-0.3, -0.25) is 10.1 Å². The van der Waals surface area contributed by atoms with E-state index in [0.717, 1.165) is 5.56 Å². The number of rotatable bonds is 4. The van der Waals surface area contributed by atoms with Crippen LogP contribution in [0.25, 0.3) is 6.08 Å². The molecule has 0 aromatic heterocycles. The molecule has 80 valence electrons. The fourth-order valence-corrected chi connectivity index (χ4v) is 1.22. The van der Waals surface area contributed by atoms with E-state index in [1.54, 1.807) is 24.3 Å². The normalized spacial score (nSPS) is 10.8. The monoisotopic (exact) mass is 208 g/mol. The molecule has 0 bridgehead atoms. The number of benzene rings is 1. The third-order valence-corrected chi connectivity index (χ3v) is 1.92. The summed E-state index contributed by atoms with van der Waals surface area (Å²) in [6.45, 7) is 0.0616. The number of nitro benzene ring substituents is 1. The molecule has 0 heterocycles. The molecular weight excluding hydrogens is 196 g/mol. The van der Waals surface area contributed by atoms with Crippen LogP contribution in [0, 0.1) is 10.1 Å². The Labute approximate surface area is 87.0 Å². The van der Waals surface area contributed by atoms with Crippen molar-refractivity contribution in [3.05, 3.63) is 45.5 Å². The van der Waals surface area contributed by atoms with Gasteiger partial charge in [-0.2, -0.15) is 0 Å². The van der Waals surface area contributed by atoms with E-state index in [1.807, 2.05) is 0 Å². The summed E-state index contributed by atoms with van der Waals surface area (Å²) < 4.78 is 0. The SMILES string of the molecule is NCC=Cc1ccc([N+](=O)[O-])c(CO)c1. The second-order valence-electron chi connectivity index (χ2n) is 2.94. The smallest absolute Gasteiger partial charge is 0.274 e. The Bertz CT molecular complexity index is 388. The van der Waals surface area contributed by atoms with Gasteiger partial charge in [-0.25, -0.2) is 0 Å². The van der Waals surface area contributed by atoms with Crippen molar-refractivity contribution in [1.82, 2.24) is 0 Å². The number of aliphatic hydroxyl groups excluding tert-OH is 1. The zero-order chi connectivity index (χ0) is 11.3. The number of nitrogens with zero attached hydrogens (tertiary/aromatic N) is 1. The van der Waals surface area contributed by atoms with Crippen LogP contribution in [0.1, 0.15) is 11.1 Å². The minimum absolute atomic E-state index is 0.0672. The molecule has 15 heavy (non-hydrogen) atoms. The molecule has 0 saturated heterocycles. The molecule has 0 fully saturated rings. The average molecular weight is 208 g/mol. The fraction of sp³-hybridized carbons (Fsp3) is 0.200. The van der Waals surface area contributed by atoms with Crippen LogP contribution in [0.3, 0.4) is 0 Å². The van der Waals surface area contributed by atoms with Crippen molar-refractivity contribution in [2.75, 3.05) is 6.54 Å². The highest BCUT2D eigenvalue weighted by Gasteiger charge is 2.11. The van der Waals surface area contributed by atoms with E-state index >= 15 is 0 Å². The predicted molar refractivity (Wildman–Crippen MR) is 57.1 cm³/mol. The molecule has 0 aliphatic rings. The Morgan fingerprint density at radius 1 is 1.53 bits per heavy atom. The molecule has 0 atom stereocenters. The summed E-state index contributed by atoms with van der Waals surface area (Å²) in [4.78, 5) is 10.1. The number of nitrogens with two attached hydrogens (primary N) is 1. The maximum atomic E-state index is 10.6. The van der Waals surface area contributed by atoms with Crippen molar-refractivity contribution in [2.45, 2.75) is 6.61 Å². The van der Waals surface area contributed by atoms with Gasteiger partial charge in [0.2, 0.25) is 0 Å². The van der Waals surface area contributed by atoms with Gasteiger partial charge in [-0.15, -0.1) is 0 Å². The van der Waals surface area contributed by atoms with Gasteiger partial charge in [-0.1, -0.05) is 12.2 Å². The Balaban J connectivity index is 3.07. The minimum Gasteiger partial charge on any atom is -0.391 e. The van der Waals surface area contributed by atoms with Gasteiger partial charge in [0.25, 0.3) is 5.69 Å². The molecule has 1 aromatic rings. The van der Waals surface area contributed by atoms with E-state index in [4.69, 9.17) is 10.8 Å². The molecule has 1 rings (SSSR count). The average Bonchev–Trinajstić information content (AvgIpc) is 2.25. The summed E-state index contributed by atoms with van der Waals surface area (Å²) in [7, 11) is 0. The summed E-state index contributed by atoms with van der Waals surface area (Å²) >= 11 is 0. The van der Waals surface area contributed by atoms with E-state index in [-0.39, 0.29) is 12.3 Å². The molecule has 5 heteroatoms. The molecule has 0 aliphatic heterocycles. The lowest BCUT2D eigenvalue weighted by molar-refractivity contribution is -0.385. The van der Waals surface area contributed by atoms with Gasteiger partial charge >= 0.3 is 0 Å². The van der Waals surface area contributed by atoms with E-state index in [0.29, 0.717) is 12.1 Å². The zero-order valence-electron chi connectivity index (χ0n) is 8.09. The summed E-state index contributed by atoms with van der Waals surface area (Å²) in [6, 6.07) is 4.56. The summed E-state index contributed by atoms with van der Waals surface area (Å²) in [5.74, 6) is 0. The lowest BCUT2D eigenvalue weighted by atomic mass is 10.1. The van der Waals surface area contributed by atoms with E-state index in [9.17, 15) is 10.1 Å². The summed E-state index contributed by atoms with van der Waals surface area (Å²) in [5, 5.41) is 19.5. The first-order valence-corrected chi connectivity index (χ1v) is 4.44. The Kier molecular flexibility index (Phi) is 3.96. The highest BCUT2D eigenvalue weighted by Crippen LogP contribution is 2.20. The first-order valence-electron chi connectivity index (χ1n) is 4.44. The molecule has 3 N–H and O–H groups in total. The number of hydrogen-bond acceptors (Lipinski definition) is 4. The van der Waals surface area contributed by atoms with E-state index in [1.165, 1.54) is 6.07 Å². The number of aliphatic hydroxyl groups is 1. The van der Waals surface area contributed by atoms with Gasteiger partial charge in [0, 0.05) is 12.6 Å². The first kappa shape index (κ1) is 11.4. The van der Waals surface area contributed by atoms with Crippen molar-refractivity contribution in [1.29, 1.82) is 0 Å². The third kappa shape index (κ3) is 2.87. The van der Waals surface area contributed by atoms with Crippen LogP contribution >= 0.6 is 0 Å². The fourth-order valence-electron chi connectivity index (χ4n) is 1.22. The lowest BCUT2D eigenvalue weighted by Gasteiger charge is -2.00. The molecule has 0 saturated carbocycles. The van der Waals surface area contributed by atoms with Gasteiger partial charge in [0.15, 0.2) is 0 Å². The van der Waals surface area contributed by atoms with Crippen molar-refractivity contribution < 1.29 is 10.0 Å². The number of hydrogen-bond donors (Lipinski definition) is 2. The van der Waals surface area contributed by atoms with Crippen LogP contribution in [-0.2, 0) is 6.61 Å². The van der Waals surface area contributed by atoms with Crippen LogP contribution in [0.5, 0.6) is 0 Å². The Morgan fingerprint density at radius 2 is 2.27 bits per heavy atom. The molecule has 0 unspecified atom stereocenters. The van der Waals surface area contributed by atoms with Crippen LogP contribution < -0.4 is 5.73 Å². The third-order valence-electron chi connectivity index (χ3n) is 1.92. The molecule has 0 aliphatic carbocycles. The standard InChI is InChI=1S/C10H12N2O3/c11-5-1-2-8-3-4-10(12(14)15)9(6-8)7-13/h1-4,6,13H,5,7,11H2. The van der Waals surface area contributed by atoms with E-state index < -0.39 is 4.92 Å². The molecule has 0 spiro atoms. The molecular formula is C10H12N2O3. The van der Waals surface area contributed by atoms with Crippen molar-refractivity contribution in [3.63, 3.8) is 0 Å². The Morgan fingerprint density at radius 3 is 2.80 bits per heavy atom. The second-order valence-corrected chi connectivity index (χ2v) is 2.94. The Hall–Kier alpha value is -1.72. The largest absolute Gasteiger partial charge is 0.391 e. The second kappa shape index (κ2) is 5.23. The van der Waals surface area contributed by atoms with Crippen LogP contribution in [0.4, 0.5) is 5.69 Å². The highest BCUT2D eigenvalue weighted by molar-refractivity contribution is 5.55. The zero-order valence-corrected chi connectivity index (χ0v) is 8.09. The van der Waals surface area contributed by atoms with Crippen LogP contribution in [0.2, 0.25) is 0 Å². The molecule has 0 amide bonds. The lowest BCUT2D eigenvalue weighted by Crippen LogP contribution is -1.96. The molecule has 0 radical (unpaired) electrons.